The van der Waals surface area contributed by atoms with E-state index in [1.807, 2.05) is 0 Å². The summed E-state index contributed by atoms with van der Waals surface area (Å²) in [6, 6.07) is 8.71. The third-order valence-corrected chi connectivity index (χ3v) is 5.11. The second-order valence-corrected chi connectivity index (χ2v) is 7.01. The predicted octanol–water partition coefficient (Wildman–Crippen LogP) is 3.05. The highest BCUT2D eigenvalue weighted by molar-refractivity contribution is 14.0. The number of nitrogens with one attached hydrogen (secondary N) is 2. The number of hydrogen-bond acceptors (Lipinski definition) is 3. The fraction of sp³-hybridized carbons (Fsp3) is 0.550. The molecule has 148 valence electrons. The minimum Gasteiger partial charge on any atom is -0.357 e. The highest BCUT2D eigenvalue weighted by Crippen LogP contribution is 2.49. The normalized spacial score (nSPS) is 15.1. The van der Waals surface area contributed by atoms with Gasteiger partial charge in [-0.05, 0) is 37.8 Å². The van der Waals surface area contributed by atoms with Crippen molar-refractivity contribution >= 4 is 29.9 Å². The summed E-state index contributed by atoms with van der Waals surface area (Å²) in [5.41, 5.74) is 3.06. The number of rotatable bonds is 8. The van der Waals surface area contributed by atoms with E-state index in [1.165, 1.54) is 24.0 Å². The maximum atomic E-state index is 4.88. The van der Waals surface area contributed by atoms with Crippen LogP contribution < -0.4 is 10.6 Å². The van der Waals surface area contributed by atoms with E-state index in [4.69, 9.17) is 4.99 Å². The molecule has 1 aliphatic rings. The maximum absolute atomic E-state index is 4.88. The Morgan fingerprint density at radius 2 is 2.00 bits per heavy atom. The van der Waals surface area contributed by atoms with Crippen LogP contribution in [0.5, 0.6) is 0 Å². The van der Waals surface area contributed by atoms with Crippen molar-refractivity contribution in [2.45, 2.75) is 52.0 Å². The van der Waals surface area contributed by atoms with Gasteiger partial charge in [0, 0.05) is 31.5 Å². The van der Waals surface area contributed by atoms with Gasteiger partial charge in [0.25, 0.3) is 0 Å². The van der Waals surface area contributed by atoms with Gasteiger partial charge < -0.3 is 15.2 Å². The smallest absolute Gasteiger partial charge is 0.191 e. The molecule has 0 unspecified atom stereocenters. The van der Waals surface area contributed by atoms with Gasteiger partial charge in [-0.25, -0.2) is 0 Å². The molecule has 6 nitrogen and oxygen atoms in total. The summed E-state index contributed by atoms with van der Waals surface area (Å²) in [6.45, 7) is 9.72. The molecule has 7 heteroatoms. The van der Waals surface area contributed by atoms with Gasteiger partial charge in [0.05, 0.1) is 6.54 Å². The molecule has 0 saturated heterocycles. The number of aliphatic imine (C=N–C) groups is 1. The van der Waals surface area contributed by atoms with Crippen LogP contribution in [0, 0.1) is 6.92 Å². The lowest BCUT2D eigenvalue weighted by Gasteiger charge is -2.18. The van der Waals surface area contributed by atoms with Crippen molar-refractivity contribution in [2.24, 2.45) is 4.99 Å². The Balaban J connectivity index is 0.00000261. The van der Waals surface area contributed by atoms with Crippen LogP contribution in [0.25, 0.3) is 0 Å². The van der Waals surface area contributed by atoms with E-state index in [0.29, 0.717) is 0 Å². The molecule has 1 aromatic heterocycles. The lowest BCUT2D eigenvalue weighted by Crippen LogP contribution is -2.39. The summed E-state index contributed by atoms with van der Waals surface area (Å²) in [4.78, 5) is 4.88. The van der Waals surface area contributed by atoms with Crippen molar-refractivity contribution in [1.29, 1.82) is 0 Å². The summed E-state index contributed by atoms with van der Waals surface area (Å²) in [5.74, 6) is 1.91. The number of nitrogens with zero attached hydrogens (tertiary/aromatic N) is 4. The van der Waals surface area contributed by atoms with E-state index >= 15 is 0 Å². The number of hydrogen-bond donors (Lipinski definition) is 2. The minimum absolute atomic E-state index is 0. The molecular formula is C20H31IN6. The van der Waals surface area contributed by atoms with Gasteiger partial charge in [0.15, 0.2) is 5.96 Å². The second kappa shape index (κ2) is 10.1. The van der Waals surface area contributed by atoms with Gasteiger partial charge in [0.1, 0.15) is 12.2 Å². The lowest BCUT2D eigenvalue weighted by atomic mass is 9.92. The Hall–Kier alpha value is -1.64. The van der Waals surface area contributed by atoms with Gasteiger partial charge in [-0.15, -0.1) is 34.2 Å². The predicted molar refractivity (Wildman–Crippen MR) is 121 cm³/mol. The zero-order chi connectivity index (χ0) is 18.4. The third kappa shape index (κ3) is 5.43. The van der Waals surface area contributed by atoms with Gasteiger partial charge in [-0.2, -0.15) is 0 Å². The first kappa shape index (κ1) is 21.7. The van der Waals surface area contributed by atoms with Crippen LogP contribution in [0.4, 0.5) is 0 Å². The first-order chi connectivity index (χ1) is 12.7. The highest BCUT2D eigenvalue weighted by atomic mass is 127. The topological polar surface area (TPSA) is 67.1 Å². The number of guanidine groups is 1. The van der Waals surface area contributed by atoms with Crippen LogP contribution in [-0.2, 0) is 18.4 Å². The summed E-state index contributed by atoms with van der Waals surface area (Å²) in [5, 5.41) is 14.9. The first-order valence-electron chi connectivity index (χ1n) is 9.63. The Morgan fingerprint density at radius 3 is 2.67 bits per heavy atom. The molecule has 1 aliphatic carbocycles. The van der Waals surface area contributed by atoms with Crippen LogP contribution in [-0.4, -0.2) is 40.4 Å². The molecule has 1 aromatic carbocycles. The van der Waals surface area contributed by atoms with Gasteiger partial charge >= 0.3 is 0 Å². The first-order valence-corrected chi connectivity index (χ1v) is 9.63. The zero-order valence-electron chi connectivity index (χ0n) is 16.5. The van der Waals surface area contributed by atoms with Crippen LogP contribution in [0.15, 0.2) is 35.6 Å². The molecule has 3 rings (SSSR count). The second-order valence-electron chi connectivity index (χ2n) is 7.01. The molecule has 2 aromatic rings. The Labute approximate surface area is 179 Å². The molecule has 1 heterocycles. The number of aromatic nitrogens is 3. The SMILES string of the molecule is CCNC(=NCC1(c2ccccc2C)CC1)NCCn1cnnc1CC.I. The molecule has 27 heavy (non-hydrogen) atoms. The van der Waals surface area contributed by atoms with Crippen molar-refractivity contribution in [3.63, 3.8) is 0 Å². The van der Waals surface area contributed by atoms with E-state index in [2.05, 4.69) is 70.4 Å². The van der Waals surface area contributed by atoms with Crippen molar-refractivity contribution in [3.8, 4) is 0 Å². The Bertz CT molecular complexity index is 750. The van der Waals surface area contributed by atoms with Gasteiger partial charge in [-0.3, -0.25) is 4.99 Å². The Kier molecular flexibility index (Phi) is 8.07. The largest absolute Gasteiger partial charge is 0.357 e. The molecule has 0 bridgehead atoms. The summed E-state index contributed by atoms with van der Waals surface area (Å²) in [7, 11) is 0. The molecule has 0 aliphatic heterocycles. The summed E-state index contributed by atoms with van der Waals surface area (Å²) >= 11 is 0. The number of benzene rings is 1. The van der Waals surface area contributed by atoms with Crippen molar-refractivity contribution in [3.05, 3.63) is 47.5 Å². The molecule has 0 amide bonds. The molecule has 0 atom stereocenters. The van der Waals surface area contributed by atoms with Crippen LogP contribution in [0.3, 0.4) is 0 Å². The molecule has 0 spiro atoms. The van der Waals surface area contributed by atoms with Crippen molar-refractivity contribution in [2.75, 3.05) is 19.6 Å². The summed E-state index contributed by atoms with van der Waals surface area (Å²) < 4.78 is 2.09. The van der Waals surface area contributed by atoms with E-state index in [0.717, 1.165) is 44.4 Å². The molecule has 2 N–H and O–H groups in total. The fourth-order valence-corrected chi connectivity index (χ4v) is 3.44. The summed E-state index contributed by atoms with van der Waals surface area (Å²) in [6.07, 6.45) is 5.14. The van der Waals surface area contributed by atoms with Gasteiger partial charge in [0.2, 0.25) is 0 Å². The minimum atomic E-state index is 0. The van der Waals surface area contributed by atoms with Crippen LogP contribution in [0.1, 0.15) is 43.6 Å². The fourth-order valence-electron chi connectivity index (χ4n) is 3.44. The third-order valence-electron chi connectivity index (χ3n) is 5.11. The van der Waals surface area contributed by atoms with E-state index < -0.39 is 0 Å². The molecule has 0 radical (unpaired) electrons. The molecular weight excluding hydrogens is 451 g/mol. The average Bonchev–Trinajstić information content (AvgIpc) is 3.30. The van der Waals surface area contributed by atoms with Crippen molar-refractivity contribution in [1.82, 2.24) is 25.4 Å². The van der Waals surface area contributed by atoms with Gasteiger partial charge in [-0.1, -0.05) is 31.2 Å². The van der Waals surface area contributed by atoms with E-state index in [1.54, 1.807) is 6.33 Å². The maximum Gasteiger partial charge on any atom is 0.191 e. The van der Waals surface area contributed by atoms with E-state index in [-0.39, 0.29) is 29.4 Å². The average molecular weight is 482 g/mol. The monoisotopic (exact) mass is 482 g/mol. The van der Waals surface area contributed by atoms with Crippen molar-refractivity contribution < 1.29 is 0 Å². The number of halogens is 1. The van der Waals surface area contributed by atoms with Crippen LogP contribution >= 0.6 is 24.0 Å². The highest BCUT2D eigenvalue weighted by Gasteiger charge is 2.44. The standard InChI is InChI=1S/C20H30N6.HI/c1-4-18-25-24-15-26(18)13-12-22-19(21-5-2)23-14-20(10-11-20)17-9-7-6-8-16(17)3;/h6-9,15H,4-5,10-14H2,1-3H3,(H2,21,22,23);1H. The Morgan fingerprint density at radius 1 is 1.22 bits per heavy atom. The molecule has 1 fully saturated rings. The van der Waals surface area contributed by atoms with E-state index in [9.17, 15) is 0 Å². The lowest BCUT2D eigenvalue weighted by molar-refractivity contribution is 0.628. The number of aryl methyl sites for hydroxylation is 2. The van der Waals surface area contributed by atoms with Crippen LogP contribution in [0.2, 0.25) is 0 Å². The zero-order valence-corrected chi connectivity index (χ0v) is 18.9. The molecule has 1 saturated carbocycles. The quantitative estimate of drug-likeness (QED) is 0.345.